The Bertz CT molecular complexity index is 1030. The van der Waals surface area contributed by atoms with Gasteiger partial charge in [-0.25, -0.2) is 18.4 Å². The zero-order valence-corrected chi connectivity index (χ0v) is 18.7. The van der Waals surface area contributed by atoms with Crippen molar-refractivity contribution in [2.45, 2.75) is 12.3 Å². The van der Waals surface area contributed by atoms with E-state index in [1.54, 1.807) is 12.0 Å². The van der Waals surface area contributed by atoms with Gasteiger partial charge in [0.1, 0.15) is 17.4 Å². The standard InChI is InChI=1S/C23H26F2N4O5/c1-32-18-5-2-16(3-6-18)13-26-21(30)28-8-10-33-23(14-28)15-29(9-11-34-23)22(31)27-20-7-4-17(24)12-19(20)25/h2-7,12H,8-11,13-15H2,1H3,(H,26,30)(H,27,31). The highest BCUT2D eigenvalue weighted by molar-refractivity contribution is 5.89. The highest BCUT2D eigenvalue weighted by Gasteiger charge is 2.44. The molecule has 2 saturated heterocycles. The molecule has 0 aromatic heterocycles. The van der Waals surface area contributed by atoms with Crippen molar-refractivity contribution in [3.05, 3.63) is 59.7 Å². The summed E-state index contributed by atoms with van der Waals surface area (Å²) in [6.07, 6.45) is 0. The Labute approximate surface area is 195 Å². The van der Waals surface area contributed by atoms with Gasteiger partial charge in [0.2, 0.25) is 5.79 Å². The maximum Gasteiger partial charge on any atom is 0.322 e. The number of carbonyl (C=O) groups is 2. The number of urea groups is 2. The summed E-state index contributed by atoms with van der Waals surface area (Å²) in [4.78, 5) is 28.4. The second-order valence-electron chi connectivity index (χ2n) is 8.01. The first kappa shape index (κ1) is 23.7. The SMILES string of the molecule is COc1ccc(CNC(=O)N2CCOC3(C2)CN(C(=O)Nc2ccc(F)cc2F)CCO3)cc1. The van der Waals surface area contributed by atoms with E-state index in [9.17, 15) is 18.4 Å². The molecule has 182 valence electrons. The van der Waals surface area contributed by atoms with Crippen LogP contribution in [0.1, 0.15) is 5.56 Å². The highest BCUT2D eigenvalue weighted by Crippen LogP contribution is 2.26. The highest BCUT2D eigenvalue weighted by atomic mass is 19.1. The van der Waals surface area contributed by atoms with Crippen LogP contribution in [-0.4, -0.2) is 74.2 Å². The number of morpholine rings is 2. The molecule has 2 aliphatic rings. The number of hydrogen-bond donors (Lipinski definition) is 2. The molecular formula is C23H26F2N4O5. The van der Waals surface area contributed by atoms with E-state index in [1.165, 1.54) is 4.90 Å². The largest absolute Gasteiger partial charge is 0.497 e. The topological polar surface area (TPSA) is 92.4 Å². The maximum atomic E-state index is 13.9. The van der Waals surface area contributed by atoms with E-state index in [2.05, 4.69) is 10.6 Å². The van der Waals surface area contributed by atoms with Gasteiger partial charge in [0.05, 0.1) is 39.1 Å². The number of nitrogens with zero attached hydrogens (tertiary/aromatic N) is 2. The van der Waals surface area contributed by atoms with Crippen molar-refractivity contribution in [3.63, 3.8) is 0 Å². The number of methoxy groups -OCH3 is 1. The molecule has 2 aromatic rings. The van der Waals surface area contributed by atoms with E-state index in [1.807, 2.05) is 24.3 Å². The van der Waals surface area contributed by atoms with E-state index < -0.39 is 23.5 Å². The molecule has 2 N–H and O–H groups in total. The Morgan fingerprint density at radius 2 is 1.65 bits per heavy atom. The molecule has 34 heavy (non-hydrogen) atoms. The molecule has 1 spiro atoms. The van der Waals surface area contributed by atoms with Crippen molar-refractivity contribution in [1.82, 2.24) is 15.1 Å². The van der Waals surface area contributed by atoms with Crippen molar-refractivity contribution in [3.8, 4) is 5.75 Å². The molecule has 4 amide bonds. The van der Waals surface area contributed by atoms with Crippen LogP contribution in [0.3, 0.4) is 0 Å². The van der Waals surface area contributed by atoms with E-state index in [-0.39, 0.29) is 44.6 Å². The number of hydrogen-bond acceptors (Lipinski definition) is 5. The predicted octanol–water partition coefficient (Wildman–Crippen LogP) is 2.78. The zero-order valence-electron chi connectivity index (χ0n) is 18.7. The predicted molar refractivity (Wildman–Crippen MR) is 118 cm³/mol. The molecule has 0 bridgehead atoms. The number of carbonyl (C=O) groups excluding carboxylic acids is 2. The first-order valence-electron chi connectivity index (χ1n) is 10.8. The number of nitrogens with one attached hydrogen (secondary N) is 2. The number of benzene rings is 2. The van der Waals surface area contributed by atoms with Gasteiger partial charge in [0, 0.05) is 25.7 Å². The maximum absolute atomic E-state index is 13.9. The Kier molecular flexibility index (Phi) is 7.13. The summed E-state index contributed by atoms with van der Waals surface area (Å²) in [6, 6.07) is 9.43. The fourth-order valence-corrected chi connectivity index (χ4v) is 3.86. The van der Waals surface area contributed by atoms with Gasteiger partial charge in [-0.1, -0.05) is 12.1 Å². The average Bonchev–Trinajstić information content (AvgIpc) is 2.84. The molecule has 1 unspecified atom stereocenters. The van der Waals surface area contributed by atoms with Crippen molar-refractivity contribution in [2.75, 3.05) is 51.8 Å². The lowest BCUT2D eigenvalue weighted by molar-refractivity contribution is -0.281. The minimum absolute atomic E-state index is 0.0455. The molecule has 11 heteroatoms. The van der Waals surface area contributed by atoms with Crippen LogP contribution in [0.2, 0.25) is 0 Å². The third kappa shape index (κ3) is 5.54. The van der Waals surface area contributed by atoms with E-state index in [0.29, 0.717) is 19.2 Å². The molecule has 9 nitrogen and oxygen atoms in total. The van der Waals surface area contributed by atoms with Crippen molar-refractivity contribution in [1.29, 1.82) is 0 Å². The second-order valence-corrected chi connectivity index (χ2v) is 8.01. The third-order valence-corrected chi connectivity index (χ3v) is 5.67. The molecule has 0 aliphatic carbocycles. The fraction of sp³-hybridized carbons (Fsp3) is 0.391. The van der Waals surface area contributed by atoms with Crippen molar-refractivity contribution >= 4 is 17.7 Å². The van der Waals surface area contributed by atoms with Gasteiger partial charge >= 0.3 is 12.1 Å². The van der Waals surface area contributed by atoms with E-state index >= 15 is 0 Å². The zero-order chi connectivity index (χ0) is 24.1. The van der Waals surface area contributed by atoms with E-state index in [0.717, 1.165) is 23.4 Å². The molecule has 1 atom stereocenters. The van der Waals surface area contributed by atoms with Crippen LogP contribution < -0.4 is 15.4 Å². The van der Waals surface area contributed by atoms with Crippen LogP contribution in [0.25, 0.3) is 0 Å². The lowest BCUT2D eigenvalue weighted by Gasteiger charge is -2.47. The summed E-state index contributed by atoms with van der Waals surface area (Å²) in [6.45, 7) is 1.54. The molecule has 0 radical (unpaired) electrons. The summed E-state index contributed by atoms with van der Waals surface area (Å²) in [5.74, 6) is -2.06. The Hall–Kier alpha value is -3.44. The summed E-state index contributed by atoms with van der Waals surface area (Å²) in [7, 11) is 1.59. The molecule has 2 aromatic carbocycles. The number of anilines is 1. The van der Waals surface area contributed by atoms with Gasteiger partial charge in [-0.3, -0.25) is 0 Å². The molecular weight excluding hydrogens is 450 g/mol. The van der Waals surface area contributed by atoms with E-state index in [4.69, 9.17) is 14.2 Å². The van der Waals surface area contributed by atoms with Crippen LogP contribution in [-0.2, 0) is 16.0 Å². The minimum Gasteiger partial charge on any atom is -0.497 e. The summed E-state index contributed by atoms with van der Waals surface area (Å²) in [5.41, 5.74) is 0.790. The van der Waals surface area contributed by atoms with Gasteiger partial charge in [-0.05, 0) is 29.8 Å². The molecule has 0 saturated carbocycles. The Morgan fingerprint density at radius 3 is 2.26 bits per heavy atom. The summed E-state index contributed by atoms with van der Waals surface area (Å²) < 4.78 is 43.9. The summed E-state index contributed by atoms with van der Waals surface area (Å²) >= 11 is 0. The van der Waals surface area contributed by atoms with Crippen LogP contribution in [0.15, 0.2) is 42.5 Å². The quantitative estimate of drug-likeness (QED) is 0.708. The first-order valence-corrected chi connectivity index (χ1v) is 10.8. The van der Waals surface area contributed by atoms with Gasteiger partial charge in [-0.2, -0.15) is 0 Å². The van der Waals surface area contributed by atoms with Crippen LogP contribution in [0, 0.1) is 11.6 Å². The van der Waals surface area contributed by atoms with Gasteiger partial charge in [0.25, 0.3) is 0 Å². The number of rotatable bonds is 4. The Morgan fingerprint density at radius 1 is 1.00 bits per heavy atom. The molecule has 2 fully saturated rings. The molecule has 4 rings (SSSR count). The number of ether oxygens (including phenoxy) is 3. The Balaban J connectivity index is 1.34. The lowest BCUT2D eigenvalue weighted by atomic mass is 10.1. The first-order chi connectivity index (χ1) is 16.4. The molecule has 2 aliphatic heterocycles. The van der Waals surface area contributed by atoms with Gasteiger partial charge in [0.15, 0.2) is 0 Å². The van der Waals surface area contributed by atoms with Gasteiger partial charge < -0.3 is 34.6 Å². The third-order valence-electron chi connectivity index (χ3n) is 5.67. The fourth-order valence-electron chi connectivity index (χ4n) is 3.86. The van der Waals surface area contributed by atoms with Crippen LogP contribution >= 0.6 is 0 Å². The second kappa shape index (κ2) is 10.2. The lowest BCUT2D eigenvalue weighted by Crippen LogP contribution is -2.64. The van der Waals surface area contributed by atoms with Crippen molar-refractivity contribution < 1.29 is 32.6 Å². The average molecular weight is 476 g/mol. The van der Waals surface area contributed by atoms with Crippen LogP contribution in [0.4, 0.5) is 24.1 Å². The van der Waals surface area contributed by atoms with Gasteiger partial charge in [-0.15, -0.1) is 0 Å². The summed E-state index contributed by atoms with van der Waals surface area (Å²) in [5, 5.41) is 5.32. The normalized spacial score (nSPS) is 20.2. The minimum atomic E-state index is -1.19. The number of amides is 4. The smallest absolute Gasteiger partial charge is 0.322 e. The van der Waals surface area contributed by atoms with Crippen molar-refractivity contribution in [2.24, 2.45) is 0 Å². The monoisotopic (exact) mass is 476 g/mol. The number of halogens is 2. The van der Waals surface area contributed by atoms with Crippen LogP contribution in [0.5, 0.6) is 5.75 Å². The molecule has 2 heterocycles.